The molecule has 1 aromatic heterocycles. The number of hydrogen-bond donors (Lipinski definition) is 9. The van der Waals surface area contributed by atoms with E-state index < -0.39 is 42.5 Å². The number of amides is 3. The highest BCUT2D eigenvalue weighted by molar-refractivity contribution is 5.88. The molecule has 72 heavy (non-hydrogen) atoms. The maximum absolute atomic E-state index is 12.4. The third-order valence-corrected chi connectivity index (χ3v) is 11.6. The number of imidazole rings is 1. The fourth-order valence-electron chi connectivity index (χ4n) is 7.41. The van der Waals surface area contributed by atoms with E-state index in [0.29, 0.717) is 45.3 Å². The van der Waals surface area contributed by atoms with Crippen molar-refractivity contribution in [1.29, 1.82) is 0 Å². The molecule has 0 aliphatic rings. The molecule has 412 valence electrons. The molecule has 3 amide bonds. The number of aromatic amines is 1. The summed E-state index contributed by atoms with van der Waals surface area (Å²) >= 11 is 0. The predicted molar refractivity (Wildman–Crippen MR) is 267 cm³/mol. The van der Waals surface area contributed by atoms with Crippen LogP contribution in [0.5, 0.6) is 0 Å². The Balaban J connectivity index is 1.94. The second kappa shape index (κ2) is 44.9. The summed E-state index contributed by atoms with van der Waals surface area (Å²) in [5.41, 5.74) is 6.68. The van der Waals surface area contributed by atoms with E-state index in [1.807, 2.05) is 0 Å². The second-order valence-electron chi connectivity index (χ2n) is 17.9. The molecular formula is C50H87N7O15. The smallest absolute Gasteiger partial charge is 0.326 e. The van der Waals surface area contributed by atoms with Crippen molar-refractivity contribution >= 4 is 47.0 Å². The average Bonchev–Trinajstić information content (AvgIpc) is 3.87. The van der Waals surface area contributed by atoms with E-state index >= 15 is 0 Å². The lowest BCUT2D eigenvalue weighted by Gasteiger charge is -2.18. The van der Waals surface area contributed by atoms with E-state index in [1.165, 1.54) is 44.9 Å². The number of ketones is 3. The lowest BCUT2D eigenvalue weighted by molar-refractivity contribution is -0.142. The SMILES string of the molecule is N[C@@H](Cc1cnc[nH]1)C(=O)CN[C@@H](CCCCNC(=O)COCCOCCCC(=O)COCCOCCNC(=O)CC[C@H](NC(=O)CCCCCCCCCCCCCCCCC(=O)O)C(=O)O)C(=O)CO. The van der Waals surface area contributed by atoms with E-state index in [-0.39, 0.29) is 127 Å². The van der Waals surface area contributed by atoms with Crippen molar-refractivity contribution < 1.29 is 72.6 Å². The molecule has 0 spiro atoms. The van der Waals surface area contributed by atoms with E-state index in [1.54, 1.807) is 6.20 Å². The minimum Gasteiger partial charge on any atom is -0.481 e. The van der Waals surface area contributed by atoms with Gasteiger partial charge < -0.3 is 66.3 Å². The number of Topliss-reactive ketones (excluding diaryl/α,β-unsaturated/α-hetero) is 3. The molecule has 0 radical (unpaired) electrons. The first kappa shape index (κ1) is 65.3. The number of aliphatic hydroxyl groups is 1. The summed E-state index contributed by atoms with van der Waals surface area (Å²) < 4.78 is 21.6. The van der Waals surface area contributed by atoms with Crippen molar-refractivity contribution in [3.05, 3.63) is 18.2 Å². The molecule has 10 N–H and O–H groups in total. The van der Waals surface area contributed by atoms with Crippen LogP contribution in [0.1, 0.15) is 153 Å². The fraction of sp³-hybridized carbons (Fsp3) is 0.780. The first-order valence-electron chi connectivity index (χ1n) is 26.0. The molecule has 0 unspecified atom stereocenters. The quantitative estimate of drug-likeness (QED) is 0.0424. The number of nitrogens with zero attached hydrogens (tertiary/aromatic N) is 1. The number of carboxylic acid groups (broad SMARTS) is 2. The van der Waals surface area contributed by atoms with Gasteiger partial charge in [0.25, 0.3) is 0 Å². The number of aliphatic carboxylic acids is 2. The summed E-state index contributed by atoms with van der Waals surface area (Å²) in [6.45, 7) is 0.891. The van der Waals surface area contributed by atoms with Crippen molar-refractivity contribution in [2.24, 2.45) is 5.73 Å². The summed E-state index contributed by atoms with van der Waals surface area (Å²) in [7, 11) is 0. The Morgan fingerprint density at radius 1 is 0.569 bits per heavy atom. The van der Waals surface area contributed by atoms with Gasteiger partial charge in [-0.05, 0) is 44.9 Å². The number of nitrogens with two attached hydrogens (primary N) is 1. The Bertz CT molecular complexity index is 1640. The summed E-state index contributed by atoms with van der Waals surface area (Å²) in [5, 5.41) is 38.4. The van der Waals surface area contributed by atoms with Crippen LogP contribution in [-0.4, -0.2) is 170 Å². The lowest BCUT2D eigenvalue weighted by atomic mass is 10.0. The van der Waals surface area contributed by atoms with Crippen LogP contribution in [0.25, 0.3) is 0 Å². The van der Waals surface area contributed by atoms with E-state index in [9.17, 15) is 48.6 Å². The molecule has 22 heteroatoms. The van der Waals surface area contributed by atoms with Gasteiger partial charge in [-0.15, -0.1) is 0 Å². The zero-order valence-electron chi connectivity index (χ0n) is 42.6. The molecule has 0 saturated carbocycles. The van der Waals surface area contributed by atoms with Crippen LogP contribution < -0.4 is 27.0 Å². The molecule has 3 atom stereocenters. The lowest BCUT2D eigenvalue weighted by Crippen LogP contribution is -2.45. The first-order chi connectivity index (χ1) is 34.8. The van der Waals surface area contributed by atoms with Gasteiger partial charge in [0.15, 0.2) is 17.3 Å². The monoisotopic (exact) mass is 1030 g/mol. The third-order valence-electron chi connectivity index (χ3n) is 11.6. The van der Waals surface area contributed by atoms with E-state index in [0.717, 1.165) is 50.6 Å². The predicted octanol–water partition coefficient (Wildman–Crippen LogP) is 2.86. The van der Waals surface area contributed by atoms with Gasteiger partial charge in [-0.2, -0.15) is 0 Å². The Morgan fingerprint density at radius 3 is 1.75 bits per heavy atom. The van der Waals surface area contributed by atoms with Gasteiger partial charge >= 0.3 is 11.9 Å². The van der Waals surface area contributed by atoms with E-state index in [4.69, 9.17) is 29.8 Å². The van der Waals surface area contributed by atoms with Gasteiger partial charge in [0.05, 0.1) is 58.0 Å². The maximum atomic E-state index is 12.4. The molecular weight excluding hydrogens is 939 g/mol. The molecule has 0 fully saturated rings. The number of unbranched alkanes of at least 4 members (excludes halogenated alkanes) is 14. The van der Waals surface area contributed by atoms with Crippen LogP contribution >= 0.6 is 0 Å². The molecule has 0 saturated heterocycles. The first-order valence-corrected chi connectivity index (χ1v) is 26.0. The molecule has 1 aromatic rings. The van der Waals surface area contributed by atoms with Crippen LogP contribution in [0.15, 0.2) is 12.5 Å². The summed E-state index contributed by atoms with van der Waals surface area (Å²) in [5.74, 6) is -3.72. The Labute approximate surface area is 425 Å². The highest BCUT2D eigenvalue weighted by atomic mass is 16.5. The summed E-state index contributed by atoms with van der Waals surface area (Å²) in [6.07, 6.45) is 21.0. The number of ether oxygens (including phenoxy) is 4. The number of carbonyl (C=O) groups is 8. The number of nitrogens with one attached hydrogen (secondary N) is 5. The fourth-order valence-corrected chi connectivity index (χ4v) is 7.41. The zero-order valence-corrected chi connectivity index (χ0v) is 42.6. The molecule has 22 nitrogen and oxygen atoms in total. The standard InChI is InChI=1S/C50H87N7O15/c51-41(32-39-33-52-38-56-39)44(60)34-55-42(45(61)35-58)19-15-16-24-53-48(64)37-72-31-28-69-26-17-18-40(59)36-71-30-29-70-27-25-54-46(62)23-22-43(50(67)68)57-47(63)20-13-11-9-7-5-3-1-2-4-6-8-10-12-14-21-49(65)66/h33,38,41-43,55,58H,1-32,34-37,51H2,(H,52,56)(H,53,64)(H,54,62)(H,57,63)(H,65,66)(H,67,68)/t41-,42-,43-/m0/s1. The van der Waals surface area contributed by atoms with Gasteiger partial charge in [-0.25, -0.2) is 9.78 Å². The van der Waals surface area contributed by atoms with Crippen LogP contribution in [0.4, 0.5) is 0 Å². The number of rotatable bonds is 52. The molecule has 0 aromatic carbocycles. The van der Waals surface area contributed by atoms with Gasteiger partial charge in [-0.1, -0.05) is 77.0 Å². The zero-order chi connectivity index (χ0) is 52.9. The van der Waals surface area contributed by atoms with Gasteiger partial charge in [-0.3, -0.25) is 33.6 Å². The van der Waals surface area contributed by atoms with Crippen LogP contribution in [0, 0.1) is 0 Å². The molecule has 0 bridgehead atoms. The molecule has 1 rings (SSSR count). The third kappa shape index (κ3) is 38.9. The number of aromatic nitrogens is 2. The minimum absolute atomic E-state index is 0.0349. The van der Waals surface area contributed by atoms with Crippen molar-refractivity contribution in [3.63, 3.8) is 0 Å². The second-order valence-corrected chi connectivity index (χ2v) is 17.9. The molecule has 1 heterocycles. The summed E-state index contributed by atoms with van der Waals surface area (Å²) in [4.78, 5) is 102. The van der Waals surface area contributed by atoms with Gasteiger partial charge in [0, 0.05) is 63.7 Å². The van der Waals surface area contributed by atoms with Crippen LogP contribution in [-0.2, 0) is 63.7 Å². The van der Waals surface area contributed by atoms with Crippen LogP contribution in [0.3, 0.4) is 0 Å². The Kier molecular flexibility index (Phi) is 40.8. The normalized spacial score (nSPS) is 12.5. The highest BCUT2D eigenvalue weighted by Gasteiger charge is 2.22. The van der Waals surface area contributed by atoms with E-state index in [2.05, 4.69) is 31.2 Å². The molecule has 0 aliphatic carbocycles. The Morgan fingerprint density at radius 2 is 1.15 bits per heavy atom. The summed E-state index contributed by atoms with van der Waals surface area (Å²) in [6, 6.07) is -2.64. The maximum Gasteiger partial charge on any atom is 0.326 e. The number of H-pyrrole nitrogens is 1. The number of carbonyl (C=O) groups excluding carboxylic acids is 6. The van der Waals surface area contributed by atoms with Crippen LogP contribution in [0.2, 0.25) is 0 Å². The average molecular weight is 1030 g/mol. The van der Waals surface area contributed by atoms with Gasteiger partial charge in [0.2, 0.25) is 17.7 Å². The van der Waals surface area contributed by atoms with Crippen molar-refractivity contribution in [1.82, 2.24) is 31.2 Å². The number of hydrogen-bond acceptors (Lipinski definition) is 16. The number of aliphatic hydroxyl groups excluding tert-OH is 1. The number of carboxylic acids is 2. The largest absolute Gasteiger partial charge is 0.481 e. The topological polar surface area (TPSA) is 337 Å². The van der Waals surface area contributed by atoms with Crippen molar-refractivity contribution in [3.8, 4) is 0 Å². The molecule has 0 aliphatic heterocycles. The highest BCUT2D eigenvalue weighted by Crippen LogP contribution is 2.14. The van der Waals surface area contributed by atoms with Crippen molar-refractivity contribution in [2.45, 2.75) is 172 Å². The van der Waals surface area contributed by atoms with Gasteiger partial charge in [0.1, 0.15) is 25.9 Å². The minimum atomic E-state index is -1.19. The van der Waals surface area contributed by atoms with Crippen molar-refractivity contribution in [2.75, 3.05) is 79.1 Å². The Hall–Kier alpha value is -4.71.